The molecule has 0 aliphatic heterocycles. The van der Waals surface area contributed by atoms with E-state index in [1.54, 1.807) is 24.3 Å². The summed E-state index contributed by atoms with van der Waals surface area (Å²) in [7, 11) is -3.34. The number of hydrogen-bond acceptors (Lipinski definition) is 4. The van der Waals surface area contributed by atoms with Crippen LogP contribution in [0.5, 0.6) is 0 Å². The molecule has 0 atom stereocenters. The largest absolute Gasteiger partial charge is 0.399 e. The monoisotopic (exact) mass is 360 g/mol. The minimum atomic E-state index is -3.34. The molecule has 0 bridgehead atoms. The second-order valence-electron chi connectivity index (χ2n) is 4.05. The van der Waals surface area contributed by atoms with Crippen LogP contribution in [0.2, 0.25) is 0 Å². The van der Waals surface area contributed by atoms with E-state index in [9.17, 15) is 8.42 Å². The van der Waals surface area contributed by atoms with Gasteiger partial charge in [-0.25, -0.2) is 13.1 Å². The third-order valence-electron chi connectivity index (χ3n) is 2.42. The molecule has 0 fully saturated rings. The summed E-state index contributed by atoms with van der Waals surface area (Å²) in [4.78, 5) is 0.966. The van der Waals surface area contributed by atoms with Gasteiger partial charge >= 0.3 is 0 Å². The lowest BCUT2D eigenvalue weighted by Crippen LogP contribution is -2.24. The first-order valence-corrected chi connectivity index (χ1v) is 8.82. The highest BCUT2D eigenvalue weighted by Crippen LogP contribution is 2.19. The Morgan fingerprint density at radius 3 is 2.53 bits per heavy atom. The molecule has 0 radical (unpaired) electrons. The van der Waals surface area contributed by atoms with Gasteiger partial charge in [-0.05, 0) is 39.7 Å². The third-order valence-corrected chi connectivity index (χ3v) is 5.42. The standard InChI is InChI=1S/C12H13BrN2O2S2/c13-10-5-12(18-7-10)6-15-19(16,17)8-9-1-3-11(14)4-2-9/h1-5,7,15H,6,8,14H2. The average Bonchev–Trinajstić information content (AvgIpc) is 2.76. The van der Waals surface area contributed by atoms with Crippen molar-refractivity contribution in [1.29, 1.82) is 0 Å². The normalized spacial score (nSPS) is 11.6. The van der Waals surface area contributed by atoms with Gasteiger partial charge in [0.05, 0.1) is 5.75 Å². The highest BCUT2D eigenvalue weighted by molar-refractivity contribution is 9.10. The van der Waals surface area contributed by atoms with Gasteiger partial charge in [0, 0.05) is 27.0 Å². The van der Waals surface area contributed by atoms with Crippen LogP contribution in [0.1, 0.15) is 10.4 Å². The number of hydrogen-bond donors (Lipinski definition) is 2. The smallest absolute Gasteiger partial charge is 0.216 e. The van der Waals surface area contributed by atoms with Gasteiger partial charge in [-0.1, -0.05) is 12.1 Å². The lowest BCUT2D eigenvalue weighted by molar-refractivity contribution is 0.581. The third kappa shape index (κ3) is 4.61. The molecule has 0 saturated heterocycles. The Hall–Kier alpha value is -0.890. The number of nitrogen functional groups attached to an aromatic ring is 1. The minimum Gasteiger partial charge on any atom is -0.399 e. The Balaban J connectivity index is 1.97. The zero-order valence-electron chi connectivity index (χ0n) is 9.97. The SMILES string of the molecule is Nc1ccc(CS(=O)(=O)NCc2cc(Br)cs2)cc1. The molecular formula is C12H13BrN2O2S2. The summed E-state index contributed by atoms with van der Waals surface area (Å²) in [6.07, 6.45) is 0. The van der Waals surface area contributed by atoms with Crippen LogP contribution in [-0.2, 0) is 22.3 Å². The highest BCUT2D eigenvalue weighted by Gasteiger charge is 2.11. The van der Waals surface area contributed by atoms with E-state index in [1.807, 2.05) is 11.4 Å². The number of rotatable bonds is 5. The van der Waals surface area contributed by atoms with Gasteiger partial charge in [-0.2, -0.15) is 0 Å². The van der Waals surface area contributed by atoms with E-state index in [0.717, 1.165) is 9.35 Å². The van der Waals surface area contributed by atoms with Crippen LogP contribution in [0.3, 0.4) is 0 Å². The number of halogens is 1. The Kier molecular flexibility index (Phi) is 4.62. The van der Waals surface area contributed by atoms with E-state index >= 15 is 0 Å². The summed E-state index contributed by atoms with van der Waals surface area (Å²) < 4.78 is 27.4. The Morgan fingerprint density at radius 2 is 1.95 bits per heavy atom. The number of nitrogens with one attached hydrogen (secondary N) is 1. The lowest BCUT2D eigenvalue weighted by atomic mass is 10.2. The molecule has 0 unspecified atom stereocenters. The molecule has 1 heterocycles. The number of thiophene rings is 1. The van der Waals surface area contributed by atoms with Crippen LogP contribution in [-0.4, -0.2) is 8.42 Å². The zero-order valence-corrected chi connectivity index (χ0v) is 13.2. The predicted octanol–water partition coefficient (Wildman–Crippen LogP) is 2.71. The maximum atomic E-state index is 11.9. The van der Waals surface area contributed by atoms with E-state index in [-0.39, 0.29) is 5.75 Å². The van der Waals surface area contributed by atoms with Crippen molar-refractivity contribution in [2.24, 2.45) is 0 Å². The predicted molar refractivity (Wildman–Crippen MR) is 82.3 cm³/mol. The van der Waals surface area contributed by atoms with Gasteiger partial charge in [0.1, 0.15) is 0 Å². The van der Waals surface area contributed by atoms with E-state index < -0.39 is 10.0 Å². The van der Waals surface area contributed by atoms with Crippen LogP contribution in [0.15, 0.2) is 40.2 Å². The summed E-state index contributed by atoms with van der Waals surface area (Å²) in [5, 5.41) is 1.92. The molecule has 0 amide bonds. The van der Waals surface area contributed by atoms with Crippen molar-refractivity contribution < 1.29 is 8.42 Å². The molecule has 102 valence electrons. The van der Waals surface area contributed by atoms with Gasteiger partial charge in [0.2, 0.25) is 10.0 Å². The van der Waals surface area contributed by atoms with Crippen molar-refractivity contribution in [3.8, 4) is 0 Å². The van der Waals surface area contributed by atoms with Crippen LogP contribution in [0.4, 0.5) is 5.69 Å². The fraction of sp³-hybridized carbons (Fsp3) is 0.167. The molecule has 2 aromatic rings. The average molecular weight is 361 g/mol. The van der Waals surface area contributed by atoms with Crippen LogP contribution >= 0.6 is 27.3 Å². The van der Waals surface area contributed by atoms with Crippen LogP contribution in [0, 0.1) is 0 Å². The first kappa shape index (κ1) is 14.5. The zero-order chi connectivity index (χ0) is 13.9. The van der Waals surface area contributed by atoms with E-state index in [2.05, 4.69) is 20.7 Å². The number of benzene rings is 1. The quantitative estimate of drug-likeness (QED) is 0.805. The van der Waals surface area contributed by atoms with Crippen molar-refractivity contribution in [2.45, 2.75) is 12.3 Å². The highest BCUT2D eigenvalue weighted by atomic mass is 79.9. The number of sulfonamides is 1. The lowest BCUT2D eigenvalue weighted by Gasteiger charge is -2.06. The molecule has 0 aliphatic carbocycles. The Morgan fingerprint density at radius 1 is 1.26 bits per heavy atom. The molecule has 0 spiro atoms. The number of nitrogens with two attached hydrogens (primary N) is 1. The number of anilines is 1. The van der Waals surface area contributed by atoms with Crippen molar-refractivity contribution >= 4 is 43.0 Å². The van der Waals surface area contributed by atoms with Gasteiger partial charge < -0.3 is 5.73 Å². The maximum Gasteiger partial charge on any atom is 0.216 e. The second-order valence-corrected chi connectivity index (χ2v) is 7.77. The molecule has 3 N–H and O–H groups in total. The molecule has 0 saturated carbocycles. The molecule has 0 aliphatic rings. The fourth-order valence-corrected chi connectivity index (χ4v) is 4.10. The Bertz CT molecular complexity index is 651. The van der Waals surface area contributed by atoms with Crippen LogP contribution in [0.25, 0.3) is 0 Å². The van der Waals surface area contributed by atoms with Crippen molar-refractivity contribution in [3.05, 3.63) is 50.6 Å². The Labute approximate surface area is 124 Å². The topological polar surface area (TPSA) is 72.2 Å². The first-order valence-electron chi connectivity index (χ1n) is 5.49. The van der Waals surface area contributed by atoms with Gasteiger partial charge in [-0.3, -0.25) is 0 Å². The van der Waals surface area contributed by atoms with Gasteiger partial charge in [-0.15, -0.1) is 11.3 Å². The van der Waals surface area contributed by atoms with E-state index in [1.165, 1.54) is 11.3 Å². The molecule has 7 heteroatoms. The summed E-state index contributed by atoms with van der Waals surface area (Å²) in [6.45, 7) is 0.313. The molecular weight excluding hydrogens is 348 g/mol. The van der Waals surface area contributed by atoms with Crippen molar-refractivity contribution in [2.75, 3.05) is 5.73 Å². The maximum absolute atomic E-state index is 11.9. The molecule has 19 heavy (non-hydrogen) atoms. The van der Waals surface area contributed by atoms with Gasteiger partial charge in [0.25, 0.3) is 0 Å². The van der Waals surface area contributed by atoms with Crippen molar-refractivity contribution in [3.63, 3.8) is 0 Å². The summed E-state index contributed by atoms with van der Waals surface area (Å²) in [5.74, 6) is -0.0418. The minimum absolute atomic E-state index is 0.0418. The summed E-state index contributed by atoms with van der Waals surface area (Å²) in [5.41, 5.74) is 6.90. The molecule has 4 nitrogen and oxygen atoms in total. The first-order chi connectivity index (χ1) is 8.94. The fourth-order valence-electron chi connectivity index (χ4n) is 1.51. The van der Waals surface area contributed by atoms with Crippen molar-refractivity contribution in [1.82, 2.24) is 4.72 Å². The van der Waals surface area contributed by atoms with Gasteiger partial charge in [0.15, 0.2) is 0 Å². The molecule has 2 rings (SSSR count). The van der Waals surface area contributed by atoms with Crippen LogP contribution < -0.4 is 10.5 Å². The summed E-state index contributed by atoms with van der Waals surface area (Å²) >= 11 is 4.84. The molecule has 1 aromatic carbocycles. The van der Waals surface area contributed by atoms with E-state index in [4.69, 9.17) is 5.73 Å². The van der Waals surface area contributed by atoms with E-state index in [0.29, 0.717) is 17.8 Å². The second kappa shape index (κ2) is 6.04. The molecule has 1 aromatic heterocycles. The summed E-state index contributed by atoms with van der Waals surface area (Å²) in [6, 6.07) is 8.73.